The molecule has 0 saturated heterocycles. The van der Waals surface area contributed by atoms with E-state index in [1.807, 2.05) is 6.92 Å². The molecule has 20 heavy (non-hydrogen) atoms. The van der Waals surface area contributed by atoms with E-state index >= 15 is 0 Å². The largest absolute Gasteiger partial charge is 0.407 e. The molecule has 0 amide bonds. The summed E-state index contributed by atoms with van der Waals surface area (Å²) in [5.74, 6) is 0. The summed E-state index contributed by atoms with van der Waals surface area (Å²) >= 11 is 1.36. The second-order valence-corrected chi connectivity index (χ2v) is 5.31. The van der Waals surface area contributed by atoms with Gasteiger partial charge < -0.3 is 0 Å². The number of hydrogen-bond donors (Lipinski definition) is 1. The molecule has 1 aromatic carbocycles. The number of alkyl halides is 3. The van der Waals surface area contributed by atoms with E-state index in [0.717, 1.165) is 0 Å². The number of halogens is 3. The first-order chi connectivity index (χ1) is 9.52. The molecule has 2 atom stereocenters. The molecule has 2 aromatic rings. The third kappa shape index (κ3) is 3.58. The van der Waals surface area contributed by atoms with E-state index in [1.54, 1.807) is 29.8 Å². The van der Waals surface area contributed by atoms with Gasteiger partial charge in [0.25, 0.3) is 0 Å². The van der Waals surface area contributed by atoms with Crippen LogP contribution in [0.1, 0.15) is 36.0 Å². The molecule has 0 aliphatic heterocycles. The molecule has 2 nitrogen and oxygen atoms in total. The summed E-state index contributed by atoms with van der Waals surface area (Å²) in [6.45, 7) is 1.84. The molecular formula is C14H15F3N2S. The van der Waals surface area contributed by atoms with Gasteiger partial charge in [-0.2, -0.15) is 13.2 Å². The highest BCUT2D eigenvalue weighted by Gasteiger charge is 2.41. The number of nitrogens with zero attached hydrogens (tertiary/aromatic N) is 1. The summed E-state index contributed by atoms with van der Waals surface area (Å²) < 4.78 is 39.8. The van der Waals surface area contributed by atoms with Crippen LogP contribution in [-0.4, -0.2) is 11.2 Å². The van der Waals surface area contributed by atoms with Crippen molar-refractivity contribution < 1.29 is 13.2 Å². The van der Waals surface area contributed by atoms with Gasteiger partial charge in [0.15, 0.2) is 0 Å². The van der Waals surface area contributed by atoms with Crippen molar-refractivity contribution in [1.82, 2.24) is 10.3 Å². The summed E-state index contributed by atoms with van der Waals surface area (Å²) in [5.41, 5.74) is 0.218. The number of thiazole rings is 1. The SMILES string of the molecule is CCC(NC(c1ccccc1)C(F)(F)F)c1nccs1. The zero-order chi connectivity index (χ0) is 14.6. The summed E-state index contributed by atoms with van der Waals surface area (Å²) in [7, 11) is 0. The first-order valence-electron chi connectivity index (χ1n) is 6.29. The van der Waals surface area contributed by atoms with Crippen LogP contribution in [0, 0.1) is 0 Å². The van der Waals surface area contributed by atoms with Gasteiger partial charge >= 0.3 is 6.18 Å². The first-order valence-corrected chi connectivity index (χ1v) is 7.17. The summed E-state index contributed by atoms with van der Waals surface area (Å²) in [6.07, 6.45) is -2.19. The van der Waals surface area contributed by atoms with Crippen molar-refractivity contribution in [2.45, 2.75) is 31.6 Å². The van der Waals surface area contributed by atoms with E-state index in [9.17, 15) is 13.2 Å². The fraction of sp³-hybridized carbons (Fsp3) is 0.357. The second-order valence-electron chi connectivity index (χ2n) is 4.38. The van der Waals surface area contributed by atoms with E-state index in [-0.39, 0.29) is 5.56 Å². The number of nitrogens with one attached hydrogen (secondary N) is 1. The minimum atomic E-state index is -4.34. The standard InChI is InChI=1S/C14H15F3N2S/c1-2-11(13-18-8-9-20-13)19-12(14(15,16)17)10-6-4-3-5-7-10/h3-9,11-12,19H,2H2,1H3. The molecule has 0 radical (unpaired) electrons. The Bertz CT molecular complexity index is 511. The fourth-order valence-electron chi connectivity index (χ4n) is 2.00. The molecule has 0 spiro atoms. The molecule has 1 N–H and O–H groups in total. The third-order valence-corrected chi connectivity index (χ3v) is 3.88. The quantitative estimate of drug-likeness (QED) is 0.880. The van der Waals surface area contributed by atoms with Gasteiger partial charge in [-0.05, 0) is 12.0 Å². The Morgan fingerprint density at radius 1 is 1.25 bits per heavy atom. The smallest absolute Gasteiger partial charge is 0.293 e. The van der Waals surface area contributed by atoms with Crippen LogP contribution < -0.4 is 5.32 Å². The van der Waals surface area contributed by atoms with Gasteiger partial charge in [-0.25, -0.2) is 4.98 Å². The van der Waals surface area contributed by atoms with Gasteiger partial charge in [0.2, 0.25) is 0 Å². The van der Waals surface area contributed by atoms with E-state index in [0.29, 0.717) is 11.4 Å². The van der Waals surface area contributed by atoms with E-state index in [2.05, 4.69) is 10.3 Å². The zero-order valence-corrected chi connectivity index (χ0v) is 11.7. The van der Waals surface area contributed by atoms with Gasteiger partial charge in [-0.3, -0.25) is 5.32 Å². The summed E-state index contributed by atoms with van der Waals surface area (Å²) in [5, 5.41) is 5.13. The molecule has 0 aliphatic rings. The normalized spacial score (nSPS) is 15.0. The fourth-order valence-corrected chi connectivity index (χ4v) is 2.78. The molecule has 1 aromatic heterocycles. The second kappa shape index (κ2) is 6.37. The number of rotatable bonds is 5. The molecular weight excluding hydrogens is 285 g/mol. The van der Waals surface area contributed by atoms with Crippen LogP contribution in [0.5, 0.6) is 0 Å². The Morgan fingerprint density at radius 2 is 1.95 bits per heavy atom. The predicted octanol–water partition coefficient (Wildman–Crippen LogP) is 4.49. The highest BCUT2D eigenvalue weighted by atomic mass is 32.1. The van der Waals surface area contributed by atoms with Crippen LogP contribution in [0.2, 0.25) is 0 Å². The molecule has 108 valence electrons. The molecule has 0 saturated carbocycles. The molecule has 2 rings (SSSR count). The minimum Gasteiger partial charge on any atom is -0.293 e. The van der Waals surface area contributed by atoms with Crippen molar-refractivity contribution >= 4 is 11.3 Å². The van der Waals surface area contributed by atoms with Crippen LogP contribution in [-0.2, 0) is 0 Å². The lowest BCUT2D eigenvalue weighted by Crippen LogP contribution is -2.36. The maximum absolute atomic E-state index is 13.3. The predicted molar refractivity (Wildman–Crippen MR) is 73.5 cm³/mol. The first kappa shape index (κ1) is 15.0. The van der Waals surface area contributed by atoms with E-state index in [4.69, 9.17) is 0 Å². The topological polar surface area (TPSA) is 24.9 Å². The summed E-state index contributed by atoms with van der Waals surface area (Å²) in [6, 6.07) is 5.81. The Kier molecular flexibility index (Phi) is 4.77. The maximum Gasteiger partial charge on any atom is 0.407 e. The van der Waals surface area contributed by atoms with Crippen LogP contribution in [0.25, 0.3) is 0 Å². The minimum absolute atomic E-state index is 0.218. The lowest BCUT2D eigenvalue weighted by molar-refractivity contribution is -0.160. The van der Waals surface area contributed by atoms with Gasteiger partial charge in [0, 0.05) is 11.6 Å². The molecule has 0 aliphatic carbocycles. The summed E-state index contributed by atoms with van der Waals surface area (Å²) in [4.78, 5) is 4.10. The lowest BCUT2D eigenvalue weighted by Gasteiger charge is -2.26. The average molecular weight is 300 g/mol. The Labute approximate surface area is 119 Å². The number of hydrogen-bond acceptors (Lipinski definition) is 3. The van der Waals surface area contributed by atoms with E-state index < -0.39 is 18.3 Å². The highest BCUT2D eigenvalue weighted by molar-refractivity contribution is 7.09. The van der Waals surface area contributed by atoms with Gasteiger partial charge in [-0.1, -0.05) is 37.3 Å². The Balaban J connectivity index is 2.25. The van der Waals surface area contributed by atoms with Gasteiger partial charge in [-0.15, -0.1) is 11.3 Å². The maximum atomic E-state index is 13.3. The lowest BCUT2D eigenvalue weighted by atomic mass is 10.0. The molecule has 0 bridgehead atoms. The van der Waals surface area contributed by atoms with Gasteiger partial charge in [0.05, 0.1) is 6.04 Å². The van der Waals surface area contributed by atoms with Crippen LogP contribution in [0.3, 0.4) is 0 Å². The van der Waals surface area contributed by atoms with Crippen molar-refractivity contribution in [3.05, 3.63) is 52.5 Å². The van der Waals surface area contributed by atoms with Crippen molar-refractivity contribution in [3.8, 4) is 0 Å². The molecule has 6 heteroatoms. The van der Waals surface area contributed by atoms with Gasteiger partial charge in [0.1, 0.15) is 11.0 Å². The van der Waals surface area contributed by atoms with Crippen LogP contribution in [0.4, 0.5) is 13.2 Å². The van der Waals surface area contributed by atoms with Crippen LogP contribution >= 0.6 is 11.3 Å². The van der Waals surface area contributed by atoms with E-state index in [1.165, 1.54) is 23.5 Å². The highest BCUT2D eigenvalue weighted by Crippen LogP contribution is 2.35. The van der Waals surface area contributed by atoms with Crippen molar-refractivity contribution in [1.29, 1.82) is 0 Å². The zero-order valence-electron chi connectivity index (χ0n) is 10.9. The number of benzene rings is 1. The monoisotopic (exact) mass is 300 g/mol. The van der Waals surface area contributed by atoms with Crippen molar-refractivity contribution in [3.63, 3.8) is 0 Å². The molecule has 1 heterocycles. The Morgan fingerprint density at radius 3 is 2.45 bits per heavy atom. The van der Waals surface area contributed by atoms with Crippen molar-refractivity contribution in [2.75, 3.05) is 0 Å². The molecule has 2 unspecified atom stereocenters. The average Bonchev–Trinajstić information content (AvgIpc) is 2.93. The van der Waals surface area contributed by atoms with Crippen molar-refractivity contribution in [2.24, 2.45) is 0 Å². The number of aromatic nitrogens is 1. The molecule has 0 fully saturated rings. The van der Waals surface area contributed by atoms with Crippen LogP contribution in [0.15, 0.2) is 41.9 Å². The third-order valence-electron chi connectivity index (χ3n) is 2.99. The Hall–Kier alpha value is -1.40.